The minimum Gasteiger partial charge on any atom is -0.324 e. The Hall–Kier alpha value is -4.78. The van der Waals surface area contributed by atoms with Gasteiger partial charge in [-0.2, -0.15) is 0 Å². The molecule has 36 heavy (non-hydrogen) atoms. The Labute approximate surface area is 216 Å². The number of nitrogens with zero attached hydrogens (tertiary/aromatic N) is 4. The number of hydrogen-bond acceptors (Lipinski definition) is 5. The Morgan fingerprint density at radius 2 is 2.00 bits per heavy atom. The van der Waals surface area contributed by atoms with E-state index in [4.69, 9.17) is 6.85 Å². The number of pyridine rings is 1. The van der Waals surface area contributed by atoms with Gasteiger partial charge in [0, 0.05) is 63.3 Å². The topological polar surface area (TPSA) is 84.7 Å². The molecule has 0 unspecified atom stereocenters. The van der Waals surface area contributed by atoms with Crippen LogP contribution in [0.25, 0.3) is 16.9 Å². The normalized spacial score (nSPS) is 13.1. The van der Waals surface area contributed by atoms with Crippen molar-refractivity contribution in [3.05, 3.63) is 114 Å². The van der Waals surface area contributed by atoms with Crippen LogP contribution in [0.1, 0.15) is 33.9 Å². The zero-order valence-corrected chi connectivity index (χ0v) is 19.7. The van der Waals surface area contributed by atoms with E-state index in [1.165, 1.54) is 24.4 Å². The van der Waals surface area contributed by atoms with E-state index >= 15 is 0 Å². The van der Waals surface area contributed by atoms with Gasteiger partial charge in [-0.1, -0.05) is 6.07 Å². The molecule has 5 rings (SSSR count). The lowest BCUT2D eigenvalue weighted by Crippen LogP contribution is -2.13. The fourth-order valence-corrected chi connectivity index (χ4v) is 3.75. The maximum Gasteiger partial charge on any atom is 0.255 e. The maximum absolute atomic E-state index is 13.3. The Morgan fingerprint density at radius 3 is 2.78 bits per heavy atom. The van der Waals surface area contributed by atoms with Crippen LogP contribution >= 0.6 is 0 Å². The van der Waals surface area contributed by atoms with Crippen molar-refractivity contribution in [2.45, 2.75) is 20.7 Å². The fourth-order valence-electron chi connectivity index (χ4n) is 3.75. The van der Waals surface area contributed by atoms with E-state index in [-0.39, 0.29) is 40.7 Å². The van der Waals surface area contributed by atoms with Gasteiger partial charge >= 0.3 is 0 Å². The quantitative estimate of drug-likeness (QED) is 0.301. The van der Waals surface area contributed by atoms with Crippen molar-refractivity contribution >= 4 is 23.2 Å². The van der Waals surface area contributed by atoms with Crippen LogP contribution in [0.3, 0.4) is 0 Å². The van der Waals surface area contributed by atoms with E-state index in [9.17, 15) is 4.79 Å². The number of rotatable bonds is 6. The Morgan fingerprint density at radius 1 is 1.08 bits per heavy atom. The molecular formula is C29H26N6O. The first-order chi connectivity index (χ1) is 19.5. The lowest BCUT2D eigenvalue weighted by molar-refractivity contribution is 0.102. The molecule has 0 fully saturated rings. The second-order valence-electron chi connectivity index (χ2n) is 8.37. The molecule has 0 aliphatic heterocycles. The predicted octanol–water partition coefficient (Wildman–Crippen LogP) is 6.25. The second kappa shape index (κ2) is 9.84. The van der Waals surface area contributed by atoms with Crippen LogP contribution in [0, 0.1) is 20.7 Å². The molecule has 0 atom stereocenters. The molecule has 0 aliphatic carbocycles. The van der Waals surface area contributed by atoms with Crippen LogP contribution < -0.4 is 10.6 Å². The molecule has 0 aliphatic rings. The van der Waals surface area contributed by atoms with Crippen LogP contribution in [0.4, 0.5) is 17.3 Å². The number of benzene rings is 2. The summed E-state index contributed by atoms with van der Waals surface area (Å²) in [5.74, 6) is -0.525. The van der Waals surface area contributed by atoms with Gasteiger partial charge in [-0.25, -0.2) is 9.97 Å². The van der Waals surface area contributed by atoms with Crippen molar-refractivity contribution in [2.24, 2.45) is 0 Å². The smallest absolute Gasteiger partial charge is 0.255 e. The number of amides is 1. The summed E-state index contributed by atoms with van der Waals surface area (Å²) in [7, 11) is 0. The summed E-state index contributed by atoms with van der Waals surface area (Å²) in [6, 6.07) is 15.1. The maximum atomic E-state index is 13.3. The summed E-state index contributed by atoms with van der Waals surface area (Å²) in [5, 5.41) is 5.77. The Kier molecular flexibility index (Phi) is 4.82. The van der Waals surface area contributed by atoms with Gasteiger partial charge in [0.1, 0.15) is 0 Å². The molecule has 3 aromatic heterocycles. The summed E-state index contributed by atoms with van der Waals surface area (Å²) >= 11 is 0. The van der Waals surface area contributed by atoms with Crippen molar-refractivity contribution < 1.29 is 11.6 Å². The molecule has 0 radical (unpaired) electrons. The number of aryl methyl sites for hydroxylation is 3. The van der Waals surface area contributed by atoms with Gasteiger partial charge in [0.2, 0.25) is 5.95 Å². The molecular weight excluding hydrogens is 448 g/mol. The number of anilines is 3. The molecule has 2 aromatic carbocycles. The minimum absolute atomic E-state index is 0.0529. The van der Waals surface area contributed by atoms with Gasteiger partial charge in [0.25, 0.3) is 5.91 Å². The van der Waals surface area contributed by atoms with Crippen LogP contribution in [0.15, 0.2) is 91.6 Å². The third-order valence-electron chi connectivity index (χ3n) is 5.48. The largest absolute Gasteiger partial charge is 0.324 e. The van der Waals surface area contributed by atoms with Gasteiger partial charge in [0.15, 0.2) is 0 Å². The van der Waals surface area contributed by atoms with Gasteiger partial charge in [-0.3, -0.25) is 9.78 Å². The van der Waals surface area contributed by atoms with Crippen molar-refractivity contribution in [2.75, 3.05) is 10.6 Å². The molecule has 3 heterocycles. The second-order valence-corrected chi connectivity index (χ2v) is 8.37. The standard InChI is InChI=1S/C29H26N6O/c1-19-9-12-35(18-19)25-14-20(2)13-24(16-25)32-28(36)22-7-6-21(3)27(15-22)34-29-31-11-8-26(33-29)23-5-4-10-30-17-23/h4-18H,1-3H3,(H,32,36)(H,31,33,34)/i3D3,8D,11D. The number of aromatic nitrogens is 4. The van der Waals surface area contributed by atoms with E-state index in [0.717, 1.165) is 16.8 Å². The molecule has 2 N–H and O–H groups in total. The zero-order chi connectivity index (χ0) is 29.3. The van der Waals surface area contributed by atoms with Gasteiger partial charge in [-0.15, -0.1) is 0 Å². The number of carbonyl (C=O) groups excluding carboxylic acids is 1. The molecule has 1 amide bonds. The van der Waals surface area contributed by atoms with E-state index in [1.807, 2.05) is 55.1 Å². The Balaban J connectivity index is 1.48. The molecule has 0 spiro atoms. The summed E-state index contributed by atoms with van der Waals surface area (Å²) in [6.45, 7) is 1.43. The first-order valence-electron chi connectivity index (χ1n) is 13.7. The molecule has 0 saturated carbocycles. The van der Waals surface area contributed by atoms with E-state index < -0.39 is 12.8 Å². The molecule has 7 heteroatoms. The first-order valence-corrected chi connectivity index (χ1v) is 11.2. The average molecular weight is 480 g/mol. The van der Waals surface area contributed by atoms with Crippen LogP contribution in [0.2, 0.25) is 0 Å². The van der Waals surface area contributed by atoms with E-state index in [0.29, 0.717) is 11.3 Å². The fraction of sp³-hybridized carbons (Fsp3) is 0.103. The predicted molar refractivity (Wildman–Crippen MR) is 143 cm³/mol. The SMILES string of the molecule is [2H]c1nc(Nc2cc(C(=O)Nc3cc(C)cc(-n4ccc(C)c4)c3)ccc2C([2H])([2H])[2H])nc(-c2cccnc2)c1[2H]. The Bertz CT molecular complexity index is 1750. The van der Waals surface area contributed by atoms with Crippen LogP contribution in [0.5, 0.6) is 0 Å². The summed E-state index contributed by atoms with van der Waals surface area (Å²) in [4.78, 5) is 25.7. The number of hydrogen-bond donors (Lipinski definition) is 2. The van der Waals surface area contributed by atoms with Gasteiger partial charge < -0.3 is 15.2 Å². The van der Waals surface area contributed by atoms with Gasteiger partial charge in [-0.05, 0) is 92.0 Å². The highest BCUT2D eigenvalue weighted by atomic mass is 16.1. The third-order valence-corrected chi connectivity index (χ3v) is 5.48. The third kappa shape index (κ3) is 5.15. The molecule has 7 nitrogen and oxygen atoms in total. The lowest BCUT2D eigenvalue weighted by atomic mass is 10.1. The average Bonchev–Trinajstić information content (AvgIpc) is 3.36. The van der Waals surface area contributed by atoms with Crippen molar-refractivity contribution in [1.82, 2.24) is 19.5 Å². The van der Waals surface area contributed by atoms with Crippen LogP contribution in [-0.2, 0) is 0 Å². The number of nitrogens with one attached hydrogen (secondary N) is 2. The monoisotopic (exact) mass is 479 g/mol. The van der Waals surface area contributed by atoms with Gasteiger partial charge in [0.05, 0.1) is 8.44 Å². The van der Waals surface area contributed by atoms with Crippen molar-refractivity contribution in [3.63, 3.8) is 0 Å². The molecule has 0 saturated heterocycles. The zero-order valence-electron chi connectivity index (χ0n) is 24.7. The molecule has 178 valence electrons. The van der Waals surface area contributed by atoms with Crippen LogP contribution in [-0.4, -0.2) is 25.4 Å². The minimum atomic E-state index is -2.51. The lowest BCUT2D eigenvalue weighted by Gasteiger charge is -2.13. The highest BCUT2D eigenvalue weighted by Crippen LogP contribution is 2.24. The summed E-state index contributed by atoms with van der Waals surface area (Å²) in [6.07, 6.45) is 6.67. The molecule has 5 aromatic rings. The highest BCUT2D eigenvalue weighted by Gasteiger charge is 2.12. The van der Waals surface area contributed by atoms with E-state index in [2.05, 4.69) is 25.6 Å². The summed E-state index contributed by atoms with van der Waals surface area (Å²) in [5.41, 5.74) is 4.44. The van der Waals surface area contributed by atoms with E-state index in [1.54, 1.807) is 18.3 Å². The summed E-state index contributed by atoms with van der Waals surface area (Å²) < 4.78 is 42.3. The van der Waals surface area contributed by atoms with Crippen molar-refractivity contribution in [1.29, 1.82) is 0 Å². The highest BCUT2D eigenvalue weighted by molar-refractivity contribution is 6.05. The first kappa shape index (κ1) is 17.6. The number of carbonyl (C=O) groups is 1. The van der Waals surface area contributed by atoms with Crippen molar-refractivity contribution in [3.8, 4) is 16.9 Å². The molecule has 0 bridgehead atoms.